The van der Waals surface area contributed by atoms with E-state index < -0.39 is 17.7 Å². The molecule has 0 radical (unpaired) electrons. The SMILES string of the molecule is NC(=O)NN=Cc1c(F)cc(Br)cc1F. The zero-order chi connectivity index (χ0) is 11.4. The number of nitrogens with zero attached hydrogens (tertiary/aromatic N) is 1. The summed E-state index contributed by atoms with van der Waals surface area (Å²) in [5, 5.41) is 3.25. The number of hydrazone groups is 1. The lowest BCUT2D eigenvalue weighted by atomic mass is 10.2. The molecule has 0 heterocycles. The van der Waals surface area contributed by atoms with Crippen LogP contribution in [0, 0.1) is 11.6 Å². The molecule has 0 aromatic heterocycles. The smallest absolute Gasteiger partial charge is 0.332 e. The van der Waals surface area contributed by atoms with Crippen LogP contribution < -0.4 is 11.2 Å². The van der Waals surface area contributed by atoms with Gasteiger partial charge in [-0.3, -0.25) is 0 Å². The van der Waals surface area contributed by atoms with Gasteiger partial charge >= 0.3 is 6.03 Å². The molecule has 0 aliphatic carbocycles. The van der Waals surface area contributed by atoms with Gasteiger partial charge in [-0.05, 0) is 12.1 Å². The molecule has 0 saturated heterocycles. The van der Waals surface area contributed by atoms with E-state index >= 15 is 0 Å². The number of hydrogen-bond acceptors (Lipinski definition) is 2. The van der Waals surface area contributed by atoms with E-state index in [-0.39, 0.29) is 10.0 Å². The summed E-state index contributed by atoms with van der Waals surface area (Å²) in [7, 11) is 0. The van der Waals surface area contributed by atoms with Gasteiger partial charge in [-0.1, -0.05) is 15.9 Å². The summed E-state index contributed by atoms with van der Waals surface area (Å²) in [6, 6.07) is 1.24. The summed E-state index contributed by atoms with van der Waals surface area (Å²) >= 11 is 2.92. The maximum atomic E-state index is 13.1. The molecule has 0 aliphatic rings. The Balaban J connectivity index is 2.94. The summed E-state index contributed by atoms with van der Waals surface area (Å²) < 4.78 is 26.5. The van der Waals surface area contributed by atoms with Crippen molar-refractivity contribution in [3.8, 4) is 0 Å². The van der Waals surface area contributed by atoms with Crippen molar-refractivity contribution in [1.82, 2.24) is 5.43 Å². The summed E-state index contributed by atoms with van der Waals surface area (Å²) in [6.45, 7) is 0. The minimum Gasteiger partial charge on any atom is -0.350 e. The maximum Gasteiger partial charge on any atom is 0.332 e. The molecule has 0 bridgehead atoms. The van der Waals surface area contributed by atoms with Crippen LogP contribution in [0.1, 0.15) is 5.56 Å². The Morgan fingerprint density at radius 2 is 2.00 bits per heavy atom. The molecular formula is C8H6BrF2N3O. The molecule has 1 rings (SSSR count). The molecule has 4 nitrogen and oxygen atoms in total. The highest BCUT2D eigenvalue weighted by molar-refractivity contribution is 9.10. The molecule has 0 aliphatic heterocycles. The van der Waals surface area contributed by atoms with Gasteiger partial charge in [-0.2, -0.15) is 5.10 Å². The number of amides is 2. The molecule has 80 valence electrons. The second-order valence-electron chi connectivity index (χ2n) is 2.52. The van der Waals surface area contributed by atoms with E-state index in [1.165, 1.54) is 0 Å². The molecule has 15 heavy (non-hydrogen) atoms. The summed E-state index contributed by atoms with van der Waals surface area (Å²) in [6.07, 6.45) is 0.835. The Bertz CT molecular complexity index is 399. The highest BCUT2D eigenvalue weighted by atomic mass is 79.9. The van der Waals surface area contributed by atoms with E-state index in [9.17, 15) is 13.6 Å². The standard InChI is InChI=1S/C8H6BrF2N3O/c9-4-1-6(10)5(7(11)2-4)3-13-14-8(12)15/h1-3H,(H3,12,14,15). The van der Waals surface area contributed by atoms with Gasteiger partial charge < -0.3 is 5.73 Å². The minimum absolute atomic E-state index is 0.275. The Morgan fingerprint density at radius 3 is 2.47 bits per heavy atom. The van der Waals surface area contributed by atoms with E-state index in [2.05, 4.69) is 21.0 Å². The number of benzene rings is 1. The molecule has 1 aromatic carbocycles. The molecule has 1 aromatic rings. The number of hydrogen-bond donors (Lipinski definition) is 2. The van der Waals surface area contributed by atoms with Crippen LogP contribution in [0.4, 0.5) is 13.6 Å². The van der Waals surface area contributed by atoms with Gasteiger partial charge in [0.25, 0.3) is 0 Å². The van der Waals surface area contributed by atoms with Crippen molar-refractivity contribution in [2.75, 3.05) is 0 Å². The second-order valence-corrected chi connectivity index (χ2v) is 3.43. The lowest BCUT2D eigenvalue weighted by Crippen LogP contribution is -2.24. The van der Waals surface area contributed by atoms with Crippen molar-refractivity contribution < 1.29 is 13.6 Å². The minimum atomic E-state index is -0.913. The zero-order valence-electron chi connectivity index (χ0n) is 7.30. The number of rotatable bonds is 2. The molecule has 3 N–H and O–H groups in total. The first-order chi connectivity index (χ1) is 7.00. The number of halogens is 3. The zero-order valence-corrected chi connectivity index (χ0v) is 8.88. The summed E-state index contributed by atoms with van der Waals surface area (Å²) in [4.78, 5) is 10.2. The Labute approximate surface area is 92.3 Å². The highest BCUT2D eigenvalue weighted by Gasteiger charge is 2.07. The largest absolute Gasteiger partial charge is 0.350 e. The number of carbonyl (C=O) groups excluding carboxylic acids is 1. The molecule has 0 atom stereocenters. The van der Waals surface area contributed by atoms with E-state index in [0.717, 1.165) is 18.3 Å². The summed E-state index contributed by atoms with van der Waals surface area (Å²) in [5.74, 6) is -1.59. The molecule has 0 fully saturated rings. The van der Waals surface area contributed by atoms with Gasteiger partial charge in [0, 0.05) is 4.47 Å². The fourth-order valence-electron chi connectivity index (χ4n) is 0.837. The average Bonchev–Trinajstić information content (AvgIpc) is 2.08. The lowest BCUT2D eigenvalue weighted by Gasteiger charge is -1.99. The van der Waals surface area contributed by atoms with Gasteiger partial charge in [0.15, 0.2) is 0 Å². The van der Waals surface area contributed by atoms with E-state index in [4.69, 9.17) is 5.73 Å². The van der Waals surface area contributed by atoms with Gasteiger partial charge in [-0.15, -0.1) is 0 Å². The van der Waals surface area contributed by atoms with Gasteiger partial charge in [0.2, 0.25) is 0 Å². The lowest BCUT2D eigenvalue weighted by molar-refractivity contribution is 0.249. The molecule has 0 saturated carbocycles. The van der Waals surface area contributed by atoms with Crippen LogP contribution in [0.5, 0.6) is 0 Å². The van der Waals surface area contributed by atoms with Crippen molar-refractivity contribution in [2.24, 2.45) is 10.8 Å². The number of nitrogens with one attached hydrogen (secondary N) is 1. The van der Waals surface area contributed by atoms with Crippen LogP contribution in [-0.4, -0.2) is 12.2 Å². The maximum absolute atomic E-state index is 13.1. The van der Waals surface area contributed by atoms with E-state index in [1.807, 2.05) is 5.43 Å². The molecule has 0 unspecified atom stereocenters. The van der Waals surface area contributed by atoms with Crippen LogP contribution in [0.25, 0.3) is 0 Å². The van der Waals surface area contributed by atoms with Crippen molar-refractivity contribution in [1.29, 1.82) is 0 Å². The first-order valence-corrected chi connectivity index (χ1v) is 4.53. The third kappa shape index (κ3) is 3.28. The quantitative estimate of drug-likeness (QED) is 0.627. The fourth-order valence-corrected chi connectivity index (χ4v) is 1.24. The van der Waals surface area contributed by atoms with Gasteiger partial charge in [-0.25, -0.2) is 19.0 Å². The highest BCUT2D eigenvalue weighted by Crippen LogP contribution is 2.17. The van der Waals surface area contributed by atoms with E-state index in [0.29, 0.717) is 0 Å². The fraction of sp³-hybridized carbons (Fsp3) is 0. The molecule has 7 heteroatoms. The third-order valence-electron chi connectivity index (χ3n) is 1.41. The topological polar surface area (TPSA) is 67.5 Å². The van der Waals surface area contributed by atoms with Crippen LogP contribution in [0.2, 0.25) is 0 Å². The van der Waals surface area contributed by atoms with Crippen molar-refractivity contribution >= 4 is 28.2 Å². The first kappa shape index (κ1) is 11.6. The van der Waals surface area contributed by atoms with Gasteiger partial charge in [0.1, 0.15) is 11.6 Å². The number of primary amides is 1. The van der Waals surface area contributed by atoms with E-state index in [1.54, 1.807) is 0 Å². The van der Waals surface area contributed by atoms with Crippen LogP contribution in [0.3, 0.4) is 0 Å². The van der Waals surface area contributed by atoms with Crippen molar-refractivity contribution in [3.63, 3.8) is 0 Å². The average molecular weight is 278 g/mol. The number of carbonyl (C=O) groups is 1. The monoisotopic (exact) mass is 277 g/mol. The predicted octanol–water partition coefficient (Wildman–Crippen LogP) is 1.73. The Hall–Kier alpha value is -1.50. The predicted molar refractivity (Wildman–Crippen MR) is 54.4 cm³/mol. The van der Waals surface area contributed by atoms with Crippen molar-refractivity contribution in [3.05, 3.63) is 33.8 Å². The first-order valence-electron chi connectivity index (χ1n) is 3.73. The van der Waals surface area contributed by atoms with Crippen LogP contribution in [-0.2, 0) is 0 Å². The molecule has 2 amide bonds. The third-order valence-corrected chi connectivity index (χ3v) is 1.87. The van der Waals surface area contributed by atoms with Crippen LogP contribution >= 0.6 is 15.9 Å². The van der Waals surface area contributed by atoms with Crippen LogP contribution in [0.15, 0.2) is 21.7 Å². The Kier molecular flexibility index (Phi) is 3.73. The number of nitrogens with two attached hydrogens (primary N) is 1. The molecular weight excluding hydrogens is 272 g/mol. The normalized spacial score (nSPS) is 10.6. The summed E-state index contributed by atoms with van der Waals surface area (Å²) in [5.41, 5.74) is 6.17. The van der Waals surface area contributed by atoms with Crippen molar-refractivity contribution in [2.45, 2.75) is 0 Å². The van der Waals surface area contributed by atoms with Gasteiger partial charge in [0.05, 0.1) is 11.8 Å². The molecule has 0 spiro atoms. The second kappa shape index (κ2) is 4.83. The number of urea groups is 1. The Morgan fingerprint density at radius 1 is 1.47 bits per heavy atom.